The Labute approximate surface area is 118 Å². The van der Waals surface area contributed by atoms with E-state index in [4.69, 9.17) is 4.74 Å². The van der Waals surface area contributed by atoms with Crippen LogP contribution in [0.3, 0.4) is 0 Å². The molecule has 6 heteroatoms. The van der Waals surface area contributed by atoms with E-state index in [1.165, 1.54) is 7.11 Å². The van der Waals surface area contributed by atoms with Crippen molar-refractivity contribution < 1.29 is 14.6 Å². The molecule has 0 spiro atoms. The Balaban J connectivity index is 2.28. The molecular weight excluding hydrogens is 258 g/mol. The second-order valence-corrected chi connectivity index (χ2v) is 5.56. The van der Waals surface area contributed by atoms with E-state index in [0.29, 0.717) is 36.3 Å². The van der Waals surface area contributed by atoms with Crippen molar-refractivity contribution in [1.82, 2.24) is 9.97 Å². The van der Waals surface area contributed by atoms with Crippen LogP contribution in [0, 0.1) is 12.8 Å². The number of aryl methyl sites for hydroxylation is 1. The fourth-order valence-electron chi connectivity index (χ4n) is 2.87. The van der Waals surface area contributed by atoms with Gasteiger partial charge in [0.2, 0.25) is 5.88 Å². The number of nitrogens with zero attached hydrogens (tertiary/aromatic N) is 2. The quantitative estimate of drug-likeness (QED) is 0.879. The van der Waals surface area contributed by atoms with Gasteiger partial charge in [0, 0.05) is 6.07 Å². The summed E-state index contributed by atoms with van der Waals surface area (Å²) in [5, 5.41) is 12.7. The molecule has 20 heavy (non-hydrogen) atoms. The van der Waals surface area contributed by atoms with Crippen LogP contribution in [-0.4, -0.2) is 33.7 Å². The highest BCUT2D eigenvalue weighted by molar-refractivity contribution is 5.82. The number of anilines is 1. The maximum atomic E-state index is 11.7. The first-order valence-corrected chi connectivity index (χ1v) is 6.86. The summed E-state index contributed by atoms with van der Waals surface area (Å²) in [5.74, 6) is 1.06. The van der Waals surface area contributed by atoms with Crippen LogP contribution in [-0.2, 0) is 4.79 Å². The highest BCUT2D eigenvalue weighted by Crippen LogP contribution is 2.35. The molecule has 0 aliphatic heterocycles. The van der Waals surface area contributed by atoms with Gasteiger partial charge in [0.25, 0.3) is 0 Å². The number of carboxylic acid groups (broad SMARTS) is 1. The number of hydrogen-bond acceptors (Lipinski definition) is 5. The largest absolute Gasteiger partial charge is 0.481 e. The molecule has 1 aromatic rings. The monoisotopic (exact) mass is 279 g/mol. The Morgan fingerprint density at radius 2 is 2.30 bits per heavy atom. The molecule has 2 N–H and O–H groups in total. The molecule has 0 bridgehead atoms. The van der Waals surface area contributed by atoms with E-state index < -0.39 is 11.5 Å². The predicted molar refractivity (Wildman–Crippen MR) is 74.9 cm³/mol. The molecule has 1 heterocycles. The molecule has 0 amide bonds. The lowest BCUT2D eigenvalue weighted by molar-refractivity contribution is -0.144. The minimum absolute atomic E-state index is 0.386. The van der Waals surface area contributed by atoms with E-state index in [1.807, 2.05) is 0 Å². The number of aromatic nitrogens is 2. The van der Waals surface area contributed by atoms with Gasteiger partial charge in [-0.2, -0.15) is 4.98 Å². The zero-order valence-electron chi connectivity index (χ0n) is 12.1. The Morgan fingerprint density at radius 1 is 1.55 bits per heavy atom. The molecule has 1 fully saturated rings. The molecule has 0 aromatic carbocycles. The van der Waals surface area contributed by atoms with Crippen LogP contribution in [0.1, 0.15) is 38.4 Å². The van der Waals surface area contributed by atoms with Crippen molar-refractivity contribution in [3.8, 4) is 5.88 Å². The van der Waals surface area contributed by atoms with Crippen molar-refractivity contribution in [1.29, 1.82) is 0 Å². The predicted octanol–water partition coefficient (Wildman–Crippen LogP) is 2.24. The molecule has 1 saturated carbocycles. The van der Waals surface area contributed by atoms with Crippen molar-refractivity contribution >= 4 is 11.8 Å². The van der Waals surface area contributed by atoms with Gasteiger partial charge < -0.3 is 15.2 Å². The highest BCUT2D eigenvalue weighted by atomic mass is 16.5. The van der Waals surface area contributed by atoms with Crippen LogP contribution in [0.5, 0.6) is 5.88 Å². The number of carboxylic acids is 1. The maximum absolute atomic E-state index is 11.7. The normalized spacial score (nSPS) is 26.1. The third-order valence-electron chi connectivity index (χ3n) is 3.80. The minimum Gasteiger partial charge on any atom is -0.481 e. The molecule has 6 nitrogen and oxygen atoms in total. The fraction of sp³-hybridized carbons (Fsp3) is 0.643. The smallest absolute Gasteiger partial charge is 0.329 e. The van der Waals surface area contributed by atoms with Crippen LogP contribution >= 0.6 is 0 Å². The second-order valence-electron chi connectivity index (χ2n) is 5.56. The highest BCUT2D eigenvalue weighted by Gasteiger charge is 2.42. The van der Waals surface area contributed by atoms with Crippen LogP contribution < -0.4 is 10.1 Å². The number of methoxy groups -OCH3 is 1. The standard InChI is InChI=1S/C14H21N3O3/c1-9-5-4-6-14(8-9,13(18)19)17-11-7-12(20-3)16-10(2)15-11/h7,9H,4-6,8H2,1-3H3,(H,18,19)(H,15,16,17). The summed E-state index contributed by atoms with van der Waals surface area (Å²) >= 11 is 0. The Hall–Kier alpha value is -1.85. The molecule has 1 aliphatic carbocycles. The molecule has 1 aliphatic rings. The first-order valence-electron chi connectivity index (χ1n) is 6.86. The van der Waals surface area contributed by atoms with Crippen LogP contribution in [0.4, 0.5) is 5.82 Å². The van der Waals surface area contributed by atoms with Crippen molar-refractivity contribution in [2.45, 2.75) is 45.1 Å². The summed E-state index contributed by atoms with van der Waals surface area (Å²) in [7, 11) is 1.53. The van der Waals surface area contributed by atoms with Crippen molar-refractivity contribution in [3.63, 3.8) is 0 Å². The average Bonchev–Trinajstić information content (AvgIpc) is 2.37. The van der Waals surface area contributed by atoms with E-state index in [9.17, 15) is 9.90 Å². The first kappa shape index (κ1) is 14.6. The second kappa shape index (κ2) is 5.64. The Bertz CT molecular complexity index is 506. The van der Waals surface area contributed by atoms with Gasteiger partial charge >= 0.3 is 5.97 Å². The molecule has 0 saturated heterocycles. The van der Waals surface area contributed by atoms with Crippen molar-refractivity contribution in [2.75, 3.05) is 12.4 Å². The lowest BCUT2D eigenvalue weighted by atomic mass is 9.76. The van der Waals surface area contributed by atoms with Gasteiger partial charge in [-0.1, -0.05) is 19.8 Å². The number of nitrogens with one attached hydrogen (secondary N) is 1. The average molecular weight is 279 g/mol. The van der Waals surface area contributed by atoms with Gasteiger partial charge in [-0.3, -0.25) is 0 Å². The lowest BCUT2D eigenvalue weighted by Gasteiger charge is -2.37. The molecule has 0 radical (unpaired) electrons. The third kappa shape index (κ3) is 3.00. The Kier molecular flexibility index (Phi) is 4.11. The van der Waals surface area contributed by atoms with Gasteiger partial charge in [-0.05, 0) is 25.7 Å². The topological polar surface area (TPSA) is 84.3 Å². The molecule has 2 unspecified atom stereocenters. The molecule has 1 aromatic heterocycles. The van der Waals surface area contributed by atoms with Gasteiger partial charge in [-0.25, -0.2) is 9.78 Å². The Morgan fingerprint density at radius 3 is 2.90 bits per heavy atom. The van der Waals surface area contributed by atoms with E-state index in [2.05, 4.69) is 22.2 Å². The SMILES string of the molecule is COc1cc(NC2(C(=O)O)CCCC(C)C2)nc(C)n1. The van der Waals surface area contributed by atoms with E-state index in [-0.39, 0.29) is 0 Å². The number of rotatable bonds is 4. The minimum atomic E-state index is -0.941. The van der Waals surface area contributed by atoms with E-state index in [1.54, 1.807) is 13.0 Å². The number of aliphatic carboxylic acids is 1. The van der Waals surface area contributed by atoms with Crippen molar-refractivity contribution in [2.24, 2.45) is 5.92 Å². The fourth-order valence-corrected chi connectivity index (χ4v) is 2.87. The summed E-state index contributed by atoms with van der Waals surface area (Å²) in [6.45, 7) is 3.84. The maximum Gasteiger partial charge on any atom is 0.329 e. The van der Waals surface area contributed by atoms with Gasteiger partial charge in [0.15, 0.2) is 0 Å². The summed E-state index contributed by atoms with van der Waals surface area (Å²) in [6.07, 6.45) is 3.19. The van der Waals surface area contributed by atoms with Crippen LogP contribution in [0.25, 0.3) is 0 Å². The number of ether oxygens (including phenoxy) is 1. The zero-order valence-corrected chi connectivity index (χ0v) is 12.1. The van der Waals surface area contributed by atoms with E-state index >= 15 is 0 Å². The summed E-state index contributed by atoms with van der Waals surface area (Å²) in [6, 6.07) is 1.64. The molecular formula is C14H21N3O3. The van der Waals surface area contributed by atoms with Crippen LogP contribution in [0.15, 0.2) is 6.07 Å². The lowest BCUT2D eigenvalue weighted by Crippen LogP contribution is -2.49. The van der Waals surface area contributed by atoms with Gasteiger partial charge in [0.05, 0.1) is 7.11 Å². The number of carbonyl (C=O) groups is 1. The summed E-state index contributed by atoms with van der Waals surface area (Å²) < 4.78 is 5.10. The van der Waals surface area contributed by atoms with Crippen molar-refractivity contribution in [3.05, 3.63) is 11.9 Å². The molecule has 2 rings (SSSR count). The molecule has 110 valence electrons. The van der Waals surface area contributed by atoms with Gasteiger partial charge in [0.1, 0.15) is 17.2 Å². The van der Waals surface area contributed by atoms with Gasteiger partial charge in [-0.15, -0.1) is 0 Å². The summed E-state index contributed by atoms with van der Waals surface area (Å²) in [4.78, 5) is 20.1. The van der Waals surface area contributed by atoms with Crippen LogP contribution in [0.2, 0.25) is 0 Å². The summed E-state index contributed by atoms with van der Waals surface area (Å²) in [5.41, 5.74) is -0.941. The number of hydrogen-bond donors (Lipinski definition) is 2. The first-order chi connectivity index (χ1) is 9.45. The zero-order chi connectivity index (χ0) is 14.8. The molecule has 2 atom stereocenters. The third-order valence-corrected chi connectivity index (χ3v) is 3.80. The van der Waals surface area contributed by atoms with E-state index in [0.717, 1.165) is 12.8 Å².